The van der Waals surface area contributed by atoms with Gasteiger partial charge in [-0.15, -0.1) is 23.1 Å². The molecule has 20 heavy (non-hydrogen) atoms. The van der Waals surface area contributed by atoms with Gasteiger partial charge in [-0.25, -0.2) is 5.43 Å². The van der Waals surface area contributed by atoms with E-state index in [1.54, 1.807) is 29.3 Å². The van der Waals surface area contributed by atoms with Crippen LogP contribution in [0.3, 0.4) is 0 Å². The molecule has 0 fully saturated rings. The molecule has 1 aromatic carbocycles. The number of hydrogen-bond donors (Lipinski definition) is 1. The molecule has 3 nitrogen and oxygen atoms in total. The minimum Gasteiger partial charge on any atom is -0.272 e. The molecule has 5 heteroatoms. The van der Waals surface area contributed by atoms with Crippen molar-refractivity contribution in [3.8, 4) is 0 Å². The number of benzene rings is 1. The van der Waals surface area contributed by atoms with E-state index in [1.165, 1.54) is 5.56 Å². The SMILES string of the molecule is CC(SCc1ccccc1)C(=O)N/N=C/c1cccs1. The van der Waals surface area contributed by atoms with Gasteiger partial charge < -0.3 is 0 Å². The van der Waals surface area contributed by atoms with Crippen molar-refractivity contribution >= 4 is 35.2 Å². The molecular formula is C15H16N2OS2. The Morgan fingerprint density at radius 2 is 2.15 bits per heavy atom. The Kier molecular flexibility index (Phi) is 5.83. The Morgan fingerprint density at radius 1 is 1.35 bits per heavy atom. The summed E-state index contributed by atoms with van der Waals surface area (Å²) in [4.78, 5) is 12.9. The zero-order chi connectivity index (χ0) is 14.2. The van der Waals surface area contributed by atoms with Gasteiger partial charge in [0.05, 0.1) is 11.5 Å². The quantitative estimate of drug-likeness (QED) is 0.655. The number of rotatable bonds is 6. The highest BCUT2D eigenvalue weighted by molar-refractivity contribution is 7.99. The van der Waals surface area contributed by atoms with E-state index >= 15 is 0 Å². The fourth-order valence-corrected chi connectivity index (χ4v) is 2.91. The molecular weight excluding hydrogens is 288 g/mol. The third-order valence-corrected chi connectivity index (χ3v) is 4.64. The lowest BCUT2D eigenvalue weighted by Crippen LogP contribution is -2.26. The number of nitrogens with one attached hydrogen (secondary N) is 1. The summed E-state index contributed by atoms with van der Waals surface area (Å²) in [6.07, 6.45) is 1.66. The highest BCUT2D eigenvalue weighted by Gasteiger charge is 2.12. The van der Waals surface area contributed by atoms with Crippen LogP contribution >= 0.6 is 23.1 Å². The number of thiophene rings is 1. The summed E-state index contributed by atoms with van der Waals surface area (Å²) < 4.78 is 0. The number of thioether (sulfide) groups is 1. The molecule has 0 spiro atoms. The molecule has 1 heterocycles. The van der Waals surface area contributed by atoms with Gasteiger partial charge in [0, 0.05) is 10.6 Å². The van der Waals surface area contributed by atoms with Gasteiger partial charge >= 0.3 is 0 Å². The largest absolute Gasteiger partial charge is 0.272 e. The number of hydrazone groups is 1. The molecule has 0 saturated heterocycles. The minimum absolute atomic E-state index is 0.0706. The van der Waals surface area contributed by atoms with Crippen molar-refractivity contribution in [2.45, 2.75) is 17.9 Å². The Bertz CT molecular complexity index is 553. The summed E-state index contributed by atoms with van der Waals surface area (Å²) in [5, 5.41) is 5.81. The van der Waals surface area contributed by atoms with Gasteiger partial charge in [0.1, 0.15) is 0 Å². The molecule has 0 radical (unpaired) electrons. The molecule has 0 aliphatic carbocycles. The normalized spacial score (nSPS) is 12.4. The fourth-order valence-electron chi connectivity index (χ4n) is 1.49. The van der Waals surface area contributed by atoms with E-state index in [0.717, 1.165) is 10.6 Å². The maximum atomic E-state index is 11.9. The zero-order valence-electron chi connectivity index (χ0n) is 11.2. The van der Waals surface area contributed by atoms with E-state index in [0.29, 0.717) is 0 Å². The molecule has 1 N–H and O–H groups in total. The highest BCUT2D eigenvalue weighted by Crippen LogP contribution is 2.17. The minimum atomic E-state index is -0.129. The van der Waals surface area contributed by atoms with E-state index in [9.17, 15) is 4.79 Å². The van der Waals surface area contributed by atoms with Crippen LogP contribution in [0.1, 0.15) is 17.4 Å². The van der Waals surface area contributed by atoms with Crippen LogP contribution in [0.25, 0.3) is 0 Å². The molecule has 1 atom stereocenters. The average Bonchev–Trinajstić information content (AvgIpc) is 2.99. The van der Waals surface area contributed by atoms with Crippen molar-refractivity contribution in [2.75, 3.05) is 0 Å². The third kappa shape index (κ3) is 4.83. The first-order chi connectivity index (χ1) is 9.75. The number of amides is 1. The number of carbonyl (C=O) groups excluding carboxylic acids is 1. The van der Waals surface area contributed by atoms with Gasteiger partial charge in [-0.05, 0) is 23.9 Å². The van der Waals surface area contributed by atoms with Crippen LogP contribution in [-0.4, -0.2) is 17.4 Å². The number of carbonyl (C=O) groups is 1. The number of hydrogen-bond acceptors (Lipinski definition) is 4. The summed E-state index contributed by atoms with van der Waals surface area (Å²) in [7, 11) is 0. The second-order valence-electron chi connectivity index (χ2n) is 4.19. The fraction of sp³-hybridized carbons (Fsp3) is 0.200. The van der Waals surface area contributed by atoms with E-state index in [4.69, 9.17) is 0 Å². The highest BCUT2D eigenvalue weighted by atomic mass is 32.2. The van der Waals surface area contributed by atoms with Crippen LogP contribution in [-0.2, 0) is 10.5 Å². The predicted octanol–water partition coefficient (Wildman–Crippen LogP) is 3.52. The van der Waals surface area contributed by atoms with E-state index in [2.05, 4.69) is 22.7 Å². The lowest BCUT2D eigenvalue weighted by molar-refractivity contribution is -0.120. The zero-order valence-corrected chi connectivity index (χ0v) is 12.8. The molecule has 1 unspecified atom stereocenters. The topological polar surface area (TPSA) is 41.5 Å². The van der Waals surface area contributed by atoms with Crippen molar-refractivity contribution in [1.82, 2.24) is 5.43 Å². The Balaban J connectivity index is 1.74. The molecule has 2 aromatic rings. The van der Waals surface area contributed by atoms with Crippen molar-refractivity contribution in [1.29, 1.82) is 0 Å². The molecule has 1 aromatic heterocycles. The van der Waals surface area contributed by atoms with Gasteiger partial charge in [-0.2, -0.15) is 5.10 Å². The third-order valence-electron chi connectivity index (χ3n) is 2.62. The molecule has 0 saturated carbocycles. The van der Waals surface area contributed by atoms with Gasteiger partial charge in [-0.3, -0.25) is 4.79 Å². The summed E-state index contributed by atoms with van der Waals surface area (Å²) in [6.45, 7) is 1.89. The molecule has 0 aliphatic rings. The number of nitrogens with zero attached hydrogens (tertiary/aromatic N) is 1. The van der Waals surface area contributed by atoms with Crippen LogP contribution in [0.5, 0.6) is 0 Å². The first-order valence-corrected chi connectivity index (χ1v) is 8.20. The summed E-state index contributed by atoms with van der Waals surface area (Å²) in [5.41, 5.74) is 3.79. The van der Waals surface area contributed by atoms with Gasteiger partial charge in [0.2, 0.25) is 0 Å². The Labute approximate surface area is 127 Å². The van der Waals surface area contributed by atoms with E-state index in [1.807, 2.05) is 42.6 Å². The van der Waals surface area contributed by atoms with Crippen LogP contribution in [0.15, 0.2) is 52.9 Å². The maximum absolute atomic E-state index is 11.9. The second kappa shape index (κ2) is 7.87. The first kappa shape index (κ1) is 14.8. The van der Waals surface area contributed by atoms with E-state index < -0.39 is 0 Å². The van der Waals surface area contributed by atoms with Crippen molar-refractivity contribution < 1.29 is 4.79 Å². The summed E-state index contributed by atoms with van der Waals surface area (Å²) >= 11 is 3.19. The maximum Gasteiger partial charge on any atom is 0.252 e. The molecule has 0 aliphatic heterocycles. The second-order valence-corrected chi connectivity index (χ2v) is 6.50. The Morgan fingerprint density at radius 3 is 2.85 bits per heavy atom. The van der Waals surface area contributed by atoms with Gasteiger partial charge in [-0.1, -0.05) is 36.4 Å². The van der Waals surface area contributed by atoms with Gasteiger partial charge in [0.25, 0.3) is 5.91 Å². The molecule has 0 bridgehead atoms. The van der Waals surface area contributed by atoms with Crippen LogP contribution in [0.2, 0.25) is 0 Å². The lowest BCUT2D eigenvalue weighted by Gasteiger charge is -2.09. The molecule has 2 rings (SSSR count). The molecule has 104 valence electrons. The van der Waals surface area contributed by atoms with Crippen LogP contribution in [0.4, 0.5) is 0 Å². The van der Waals surface area contributed by atoms with Crippen LogP contribution < -0.4 is 5.43 Å². The lowest BCUT2D eigenvalue weighted by atomic mass is 10.2. The first-order valence-electron chi connectivity index (χ1n) is 6.27. The average molecular weight is 304 g/mol. The Hall–Kier alpha value is -1.59. The summed E-state index contributed by atoms with van der Waals surface area (Å²) in [5.74, 6) is 0.753. The van der Waals surface area contributed by atoms with Gasteiger partial charge in [0.15, 0.2) is 0 Å². The van der Waals surface area contributed by atoms with Crippen molar-refractivity contribution in [2.24, 2.45) is 5.10 Å². The monoisotopic (exact) mass is 304 g/mol. The standard InChI is InChI=1S/C15H16N2OS2/c1-12(20-11-13-6-3-2-4-7-13)15(18)17-16-10-14-8-5-9-19-14/h2-10,12H,11H2,1H3,(H,17,18)/b16-10+. The smallest absolute Gasteiger partial charge is 0.252 e. The summed E-state index contributed by atoms with van der Waals surface area (Å²) in [6, 6.07) is 14.0. The van der Waals surface area contributed by atoms with Crippen molar-refractivity contribution in [3.63, 3.8) is 0 Å². The van der Waals surface area contributed by atoms with Crippen LogP contribution in [0, 0.1) is 0 Å². The van der Waals surface area contributed by atoms with Crippen molar-refractivity contribution in [3.05, 3.63) is 58.3 Å². The molecule has 1 amide bonds. The predicted molar refractivity (Wildman–Crippen MR) is 87.3 cm³/mol. The van der Waals surface area contributed by atoms with E-state index in [-0.39, 0.29) is 11.2 Å².